The zero-order valence-electron chi connectivity index (χ0n) is 10.6. The largest absolute Gasteiger partial charge is 0.507 e. The summed E-state index contributed by atoms with van der Waals surface area (Å²) in [6, 6.07) is 1.33. The van der Waals surface area contributed by atoms with Gasteiger partial charge in [0.05, 0.1) is 5.69 Å². The van der Waals surface area contributed by atoms with Crippen molar-refractivity contribution in [1.29, 1.82) is 0 Å². The van der Waals surface area contributed by atoms with E-state index in [1.54, 1.807) is 9.69 Å². The normalized spacial score (nSPS) is 15.9. The third kappa shape index (κ3) is 2.30. The minimum absolute atomic E-state index is 0.146. The van der Waals surface area contributed by atoms with Gasteiger partial charge in [0, 0.05) is 25.7 Å². The molecule has 0 aliphatic heterocycles. The van der Waals surface area contributed by atoms with Gasteiger partial charge >= 0.3 is 0 Å². The molecule has 0 saturated heterocycles. The van der Waals surface area contributed by atoms with Crippen LogP contribution in [0.2, 0.25) is 0 Å². The van der Waals surface area contributed by atoms with Crippen LogP contribution in [0.25, 0.3) is 0 Å². The smallest absolute Gasteiger partial charge is 0.272 e. The first-order valence-electron chi connectivity index (χ1n) is 6.25. The highest BCUT2D eigenvalue weighted by Gasteiger charge is 2.17. The highest BCUT2D eigenvalue weighted by molar-refractivity contribution is 5.36. The van der Waals surface area contributed by atoms with E-state index in [1.165, 1.54) is 18.9 Å². The zero-order valence-corrected chi connectivity index (χ0v) is 10.6. The molecule has 1 heterocycles. The number of aromatic hydroxyl groups is 1. The lowest BCUT2D eigenvalue weighted by atomic mass is 9.96. The first kappa shape index (κ1) is 12.0. The number of pyridine rings is 1. The number of nitrogens with zero attached hydrogens (tertiary/aromatic N) is 2. The van der Waals surface area contributed by atoms with E-state index < -0.39 is 0 Å². The van der Waals surface area contributed by atoms with Crippen LogP contribution in [0.4, 0.5) is 0 Å². The van der Waals surface area contributed by atoms with Crippen molar-refractivity contribution >= 4 is 0 Å². The number of aromatic nitrogens is 1. The van der Waals surface area contributed by atoms with Crippen molar-refractivity contribution in [3.63, 3.8) is 0 Å². The molecule has 4 heteroatoms. The second kappa shape index (κ2) is 4.82. The molecule has 17 heavy (non-hydrogen) atoms. The summed E-state index contributed by atoms with van der Waals surface area (Å²) in [6.07, 6.45) is 6.33. The lowest BCUT2D eigenvalue weighted by Gasteiger charge is -2.24. The van der Waals surface area contributed by atoms with Crippen LogP contribution in [0.15, 0.2) is 10.9 Å². The van der Waals surface area contributed by atoms with Crippen LogP contribution in [0.1, 0.15) is 36.9 Å². The van der Waals surface area contributed by atoms with Gasteiger partial charge in [-0.15, -0.1) is 0 Å². The van der Waals surface area contributed by atoms with Gasteiger partial charge in [-0.1, -0.05) is 12.8 Å². The SMILES string of the molecule is CN(C)n1c2c(c(O)cc1=O)CCCCCC2. The lowest BCUT2D eigenvalue weighted by Crippen LogP contribution is -2.38. The van der Waals surface area contributed by atoms with Crippen LogP contribution in [0.5, 0.6) is 5.75 Å². The summed E-state index contributed by atoms with van der Waals surface area (Å²) in [5.41, 5.74) is 1.80. The Morgan fingerprint density at radius 3 is 2.47 bits per heavy atom. The molecule has 0 atom stereocenters. The molecule has 1 N–H and O–H groups in total. The molecule has 1 aromatic heterocycles. The Kier molecular flexibility index (Phi) is 3.41. The quantitative estimate of drug-likeness (QED) is 0.802. The van der Waals surface area contributed by atoms with Gasteiger partial charge in [0.25, 0.3) is 5.56 Å². The Labute approximate surface area is 101 Å². The van der Waals surface area contributed by atoms with Gasteiger partial charge in [0.15, 0.2) is 0 Å². The average Bonchev–Trinajstić information content (AvgIpc) is 2.19. The molecule has 0 spiro atoms. The second-order valence-corrected chi connectivity index (χ2v) is 4.87. The molecule has 0 amide bonds. The van der Waals surface area contributed by atoms with E-state index in [0.29, 0.717) is 0 Å². The first-order chi connectivity index (χ1) is 8.11. The maximum absolute atomic E-state index is 11.9. The molecule has 0 bridgehead atoms. The maximum Gasteiger partial charge on any atom is 0.272 e. The van der Waals surface area contributed by atoms with E-state index in [-0.39, 0.29) is 11.3 Å². The summed E-state index contributed by atoms with van der Waals surface area (Å²) in [4.78, 5) is 11.9. The van der Waals surface area contributed by atoms with Crippen LogP contribution < -0.4 is 10.6 Å². The van der Waals surface area contributed by atoms with E-state index in [0.717, 1.165) is 36.9 Å². The minimum Gasteiger partial charge on any atom is -0.507 e. The van der Waals surface area contributed by atoms with Gasteiger partial charge in [-0.05, 0) is 25.7 Å². The predicted octanol–water partition coefficient (Wildman–Crippen LogP) is 1.41. The Morgan fingerprint density at radius 2 is 1.82 bits per heavy atom. The molecular formula is C13H20N2O2. The lowest BCUT2D eigenvalue weighted by molar-refractivity contribution is 0.452. The number of hydrogen-bond acceptors (Lipinski definition) is 3. The van der Waals surface area contributed by atoms with Crippen LogP contribution >= 0.6 is 0 Å². The summed E-state index contributed by atoms with van der Waals surface area (Å²) < 4.78 is 1.68. The van der Waals surface area contributed by atoms with E-state index in [1.807, 2.05) is 14.1 Å². The van der Waals surface area contributed by atoms with E-state index in [4.69, 9.17) is 0 Å². The van der Waals surface area contributed by atoms with Crippen molar-refractivity contribution in [2.24, 2.45) is 0 Å². The van der Waals surface area contributed by atoms with Gasteiger partial charge in [-0.2, -0.15) is 0 Å². The third-order valence-corrected chi connectivity index (χ3v) is 3.37. The highest BCUT2D eigenvalue weighted by atomic mass is 16.3. The standard InChI is InChI=1S/C13H20N2O2/c1-14(2)15-11-8-6-4-3-5-7-10(11)12(16)9-13(15)17/h9,16H,3-8H2,1-2H3. The molecule has 1 aliphatic rings. The molecule has 1 aromatic rings. The number of hydrogen-bond donors (Lipinski definition) is 1. The fourth-order valence-electron chi connectivity index (χ4n) is 2.59. The van der Waals surface area contributed by atoms with Crippen LogP contribution in [-0.2, 0) is 12.8 Å². The van der Waals surface area contributed by atoms with E-state index in [2.05, 4.69) is 0 Å². The van der Waals surface area contributed by atoms with Crippen molar-refractivity contribution < 1.29 is 5.11 Å². The monoisotopic (exact) mass is 236 g/mol. The molecule has 2 rings (SSSR count). The maximum atomic E-state index is 11.9. The Balaban J connectivity index is 2.60. The molecule has 0 saturated carbocycles. The summed E-state index contributed by atoms with van der Waals surface area (Å²) in [6.45, 7) is 0. The Hall–Kier alpha value is -1.45. The number of fused-ring (bicyclic) bond motifs is 1. The topological polar surface area (TPSA) is 45.5 Å². The summed E-state index contributed by atoms with van der Waals surface area (Å²) in [5, 5.41) is 11.7. The van der Waals surface area contributed by atoms with Crippen molar-refractivity contribution in [2.45, 2.75) is 38.5 Å². The Morgan fingerprint density at radius 1 is 1.18 bits per heavy atom. The summed E-state index contributed by atoms with van der Waals surface area (Å²) in [5.74, 6) is 0.171. The summed E-state index contributed by atoms with van der Waals surface area (Å²) in [7, 11) is 3.72. The third-order valence-electron chi connectivity index (χ3n) is 3.37. The van der Waals surface area contributed by atoms with Gasteiger partial charge in [-0.3, -0.25) is 4.79 Å². The van der Waals surface area contributed by atoms with E-state index >= 15 is 0 Å². The van der Waals surface area contributed by atoms with E-state index in [9.17, 15) is 9.90 Å². The summed E-state index contributed by atoms with van der Waals surface area (Å²) >= 11 is 0. The van der Waals surface area contributed by atoms with Crippen molar-refractivity contribution in [2.75, 3.05) is 19.1 Å². The fourth-order valence-corrected chi connectivity index (χ4v) is 2.59. The average molecular weight is 236 g/mol. The first-order valence-corrected chi connectivity index (χ1v) is 6.25. The zero-order chi connectivity index (χ0) is 12.4. The van der Waals surface area contributed by atoms with Gasteiger partial charge in [-0.25, -0.2) is 4.68 Å². The van der Waals surface area contributed by atoms with Crippen molar-refractivity contribution in [3.05, 3.63) is 27.7 Å². The molecule has 1 aliphatic carbocycles. The van der Waals surface area contributed by atoms with Gasteiger partial charge in [0.1, 0.15) is 5.75 Å². The van der Waals surface area contributed by atoms with Gasteiger partial charge < -0.3 is 10.1 Å². The molecule has 0 aromatic carbocycles. The Bertz CT molecular complexity index is 463. The van der Waals surface area contributed by atoms with Crippen molar-refractivity contribution in [1.82, 2.24) is 4.68 Å². The number of rotatable bonds is 1. The molecule has 4 nitrogen and oxygen atoms in total. The van der Waals surface area contributed by atoms with Crippen LogP contribution in [0, 0.1) is 0 Å². The highest BCUT2D eigenvalue weighted by Crippen LogP contribution is 2.25. The molecule has 0 fully saturated rings. The molecule has 0 unspecified atom stereocenters. The molecule has 94 valence electrons. The second-order valence-electron chi connectivity index (χ2n) is 4.87. The van der Waals surface area contributed by atoms with Crippen LogP contribution in [0.3, 0.4) is 0 Å². The predicted molar refractivity (Wildman–Crippen MR) is 68.3 cm³/mol. The fraction of sp³-hybridized carbons (Fsp3) is 0.615. The van der Waals surface area contributed by atoms with Gasteiger partial charge in [0.2, 0.25) is 0 Å². The molecule has 0 radical (unpaired) electrons. The minimum atomic E-state index is -0.146. The van der Waals surface area contributed by atoms with Crippen molar-refractivity contribution in [3.8, 4) is 5.75 Å². The van der Waals surface area contributed by atoms with Crippen LogP contribution in [-0.4, -0.2) is 23.9 Å². The molecular weight excluding hydrogens is 216 g/mol.